The highest BCUT2D eigenvalue weighted by Crippen LogP contribution is 2.28. The highest BCUT2D eigenvalue weighted by atomic mass is 32.1. The highest BCUT2D eigenvalue weighted by molar-refractivity contribution is 7.16. The summed E-state index contributed by atoms with van der Waals surface area (Å²) >= 11 is 2.92. The van der Waals surface area contributed by atoms with Gasteiger partial charge in [0.2, 0.25) is 0 Å². The van der Waals surface area contributed by atoms with Crippen molar-refractivity contribution in [2.75, 3.05) is 5.32 Å². The molecule has 1 atom stereocenters. The summed E-state index contributed by atoms with van der Waals surface area (Å²) < 4.78 is 5.30. The van der Waals surface area contributed by atoms with Gasteiger partial charge in [-0.15, -0.1) is 22.7 Å². The van der Waals surface area contributed by atoms with Crippen LogP contribution in [0.2, 0.25) is 0 Å². The number of ether oxygens (including phenoxy) is 1. The second-order valence-electron chi connectivity index (χ2n) is 5.04. The molecule has 3 aromatic heterocycles. The Labute approximate surface area is 152 Å². The Morgan fingerprint density at radius 1 is 1.24 bits per heavy atom. The quantitative estimate of drug-likeness (QED) is 0.664. The number of anilines is 1. The van der Waals surface area contributed by atoms with E-state index in [-0.39, 0.29) is 0 Å². The molecule has 0 saturated carbocycles. The van der Waals surface area contributed by atoms with Crippen molar-refractivity contribution < 1.29 is 14.3 Å². The molecule has 128 valence electrons. The molecule has 0 bridgehead atoms. The zero-order valence-corrected chi connectivity index (χ0v) is 15.0. The van der Waals surface area contributed by atoms with Gasteiger partial charge in [0.05, 0.1) is 16.1 Å². The summed E-state index contributed by atoms with van der Waals surface area (Å²) in [6.45, 7) is 1.78. The van der Waals surface area contributed by atoms with Gasteiger partial charge >= 0.3 is 5.97 Å². The molecular weight excluding hydrogens is 358 g/mol. The van der Waals surface area contributed by atoms with Gasteiger partial charge in [-0.1, -0.05) is 13.0 Å². The fourth-order valence-corrected chi connectivity index (χ4v) is 3.54. The lowest BCUT2D eigenvalue weighted by molar-refractivity contribution is -0.124. The molecule has 3 heterocycles. The van der Waals surface area contributed by atoms with E-state index in [4.69, 9.17) is 4.74 Å². The van der Waals surface area contributed by atoms with E-state index in [1.807, 2.05) is 22.9 Å². The zero-order valence-electron chi connectivity index (χ0n) is 13.3. The molecule has 25 heavy (non-hydrogen) atoms. The first kappa shape index (κ1) is 17.2. The number of thiophene rings is 1. The van der Waals surface area contributed by atoms with Gasteiger partial charge in [-0.3, -0.25) is 15.1 Å². The number of pyridine rings is 1. The van der Waals surface area contributed by atoms with Crippen LogP contribution in [0.15, 0.2) is 47.4 Å². The topological polar surface area (TPSA) is 81.2 Å². The van der Waals surface area contributed by atoms with Crippen molar-refractivity contribution >= 4 is 39.7 Å². The number of rotatable bonds is 6. The maximum Gasteiger partial charge on any atom is 0.339 e. The smallest absolute Gasteiger partial charge is 0.339 e. The van der Waals surface area contributed by atoms with Crippen molar-refractivity contribution in [3.63, 3.8) is 0 Å². The Morgan fingerprint density at radius 2 is 2.04 bits per heavy atom. The molecule has 3 rings (SSSR count). The van der Waals surface area contributed by atoms with Gasteiger partial charge in [0, 0.05) is 17.8 Å². The van der Waals surface area contributed by atoms with Gasteiger partial charge in [0.15, 0.2) is 11.2 Å². The van der Waals surface area contributed by atoms with Crippen molar-refractivity contribution in [1.29, 1.82) is 0 Å². The number of hydrogen-bond donors (Lipinski definition) is 1. The van der Waals surface area contributed by atoms with E-state index in [1.165, 1.54) is 23.7 Å². The number of carbonyl (C=O) groups is 2. The number of hydrogen-bond acceptors (Lipinski definition) is 7. The van der Waals surface area contributed by atoms with Gasteiger partial charge in [0.1, 0.15) is 0 Å². The summed E-state index contributed by atoms with van der Waals surface area (Å²) in [6.07, 6.45) is 2.49. The van der Waals surface area contributed by atoms with Crippen molar-refractivity contribution in [2.45, 2.75) is 19.4 Å². The number of nitrogens with zero attached hydrogens (tertiary/aromatic N) is 2. The second-order valence-corrected chi connectivity index (χ2v) is 6.85. The minimum Gasteiger partial charge on any atom is -0.449 e. The Kier molecular flexibility index (Phi) is 5.52. The number of amides is 1. The van der Waals surface area contributed by atoms with Gasteiger partial charge in [-0.25, -0.2) is 9.78 Å². The molecule has 0 aliphatic carbocycles. The van der Waals surface area contributed by atoms with E-state index >= 15 is 0 Å². The molecule has 0 aromatic carbocycles. The fourth-order valence-electron chi connectivity index (χ4n) is 2.06. The first-order valence-electron chi connectivity index (χ1n) is 7.58. The number of nitrogens with one attached hydrogen (secondary N) is 1. The lowest BCUT2D eigenvalue weighted by Crippen LogP contribution is -2.32. The average molecular weight is 373 g/mol. The maximum atomic E-state index is 12.4. The summed E-state index contributed by atoms with van der Waals surface area (Å²) in [5.41, 5.74) is 1.17. The number of aromatic nitrogens is 2. The van der Waals surface area contributed by atoms with Crippen LogP contribution >= 0.6 is 22.7 Å². The summed E-state index contributed by atoms with van der Waals surface area (Å²) in [7, 11) is 0. The largest absolute Gasteiger partial charge is 0.449 e. The van der Waals surface area contributed by atoms with Crippen LogP contribution in [0.5, 0.6) is 0 Å². The average Bonchev–Trinajstić information content (AvgIpc) is 3.31. The summed E-state index contributed by atoms with van der Waals surface area (Å²) in [4.78, 5) is 33.7. The third kappa shape index (κ3) is 4.28. The molecule has 8 heteroatoms. The Balaban J connectivity index is 1.63. The molecule has 1 N–H and O–H groups in total. The van der Waals surface area contributed by atoms with Crippen LogP contribution in [-0.2, 0) is 9.53 Å². The third-order valence-corrected chi connectivity index (χ3v) is 4.99. The summed E-state index contributed by atoms with van der Waals surface area (Å²) in [5.74, 6) is -0.945. The number of carbonyl (C=O) groups excluding carboxylic acids is 2. The highest BCUT2D eigenvalue weighted by Gasteiger charge is 2.23. The molecule has 1 unspecified atom stereocenters. The van der Waals surface area contributed by atoms with Crippen LogP contribution in [-0.4, -0.2) is 27.9 Å². The van der Waals surface area contributed by atoms with E-state index in [1.54, 1.807) is 30.4 Å². The Bertz CT molecular complexity index is 847. The van der Waals surface area contributed by atoms with E-state index in [2.05, 4.69) is 15.3 Å². The van der Waals surface area contributed by atoms with Gasteiger partial charge < -0.3 is 4.74 Å². The van der Waals surface area contributed by atoms with Crippen molar-refractivity contribution in [3.05, 3.63) is 53.0 Å². The van der Waals surface area contributed by atoms with Crippen LogP contribution in [0.3, 0.4) is 0 Å². The zero-order chi connectivity index (χ0) is 17.6. The van der Waals surface area contributed by atoms with E-state index in [0.717, 1.165) is 10.6 Å². The molecule has 0 radical (unpaired) electrons. The van der Waals surface area contributed by atoms with E-state index in [0.29, 0.717) is 17.1 Å². The summed E-state index contributed by atoms with van der Waals surface area (Å²) in [5, 5.41) is 7.05. The first-order valence-corrected chi connectivity index (χ1v) is 9.34. The number of thiazole rings is 1. The predicted molar refractivity (Wildman–Crippen MR) is 97.8 cm³/mol. The molecule has 0 saturated heterocycles. The summed E-state index contributed by atoms with van der Waals surface area (Å²) in [6, 6.07) is 7.00. The molecule has 0 spiro atoms. The van der Waals surface area contributed by atoms with Crippen LogP contribution < -0.4 is 5.32 Å². The number of esters is 1. The van der Waals surface area contributed by atoms with Gasteiger partial charge in [0.25, 0.3) is 5.91 Å². The fraction of sp³-hybridized carbons (Fsp3) is 0.176. The third-order valence-electron chi connectivity index (χ3n) is 3.34. The maximum absolute atomic E-state index is 12.4. The lowest BCUT2D eigenvalue weighted by atomic mass is 10.2. The van der Waals surface area contributed by atoms with Gasteiger partial charge in [-0.05, 0) is 30.0 Å². The van der Waals surface area contributed by atoms with E-state index in [9.17, 15) is 9.59 Å². The lowest BCUT2D eigenvalue weighted by Gasteiger charge is -2.15. The van der Waals surface area contributed by atoms with E-state index < -0.39 is 18.0 Å². The predicted octanol–water partition coefficient (Wildman–Crippen LogP) is 3.84. The molecule has 0 aliphatic rings. The minimum atomic E-state index is -0.880. The molecular formula is C17H15N3O3S2. The molecule has 1 amide bonds. The normalized spacial score (nSPS) is 11.7. The Morgan fingerprint density at radius 3 is 2.72 bits per heavy atom. The second kappa shape index (κ2) is 8.00. The van der Waals surface area contributed by atoms with Crippen LogP contribution in [0.4, 0.5) is 5.13 Å². The van der Waals surface area contributed by atoms with Crippen molar-refractivity contribution in [3.8, 4) is 10.6 Å². The van der Waals surface area contributed by atoms with Crippen LogP contribution in [0.1, 0.15) is 23.7 Å². The molecule has 0 fully saturated rings. The van der Waals surface area contributed by atoms with Crippen LogP contribution in [0.25, 0.3) is 10.6 Å². The SMILES string of the molecule is CCC(OC(=O)c1ccncc1)C(=O)Nc1nc(-c2cccs2)cs1. The monoisotopic (exact) mass is 373 g/mol. The van der Waals surface area contributed by atoms with Crippen molar-refractivity contribution in [2.24, 2.45) is 0 Å². The van der Waals surface area contributed by atoms with Gasteiger partial charge in [-0.2, -0.15) is 0 Å². The molecule has 0 aliphatic heterocycles. The molecule has 6 nitrogen and oxygen atoms in total. The first-order chi connectivity index (χ1) is 12.2. The minimum absolute atomic E-state index is 0.357. The Hall–Kier alpha value is -2.58. The standard InChI is InChI=1S/C17H15N3O3S2/c1-2-13(23-16(22)11-5-7-18-8-6-11)15(21)20-17-19-12(10-25-17)14-4-3-9-24-14/h3-10,13H,2H2,1H3,(H,19,20,21). The van der Waals surface area contributed by atoms with Crippen molar-refractivity contribution in [1.82, 2.24) is 9.97 Å². The van der Waals surface area contributed by atoms with Crippen LogP contribution in [0, 0.1) is 0 Å². The molecule has 3 aromatic rings.